The molecule has 0 bridgehead atoms. The number of amides is 1. The molecule has 1 aromatic carbocycles. The number of nitriles is 1. The van der Waals surface area contributed by atoms with E-state index in [1.165, 1.54) is 0 Å². The van der Waals surface area contributed by atoms with Crippen LogP contribution in [0.5, 0.6) is 0 Å². The van der Waals surface area contributed by atoms with E-state index in [0.29, 0.717) is 5.56 Å². The van der Waals surface area contributed by atoms with Crippen LogP contribution in [0, 0.1) is 11.3 Å². The second-order valence-corrected chi connectivity index (χ2v) is 6.12. The van der Waals surface area contributed by atoms with E-state index in [1.54, 1.807) is 6.07 Å². The van der Waals surface area contributed by atoms with Gasteiger partial charge in [-0.15, -0.1) is 0 Å². The van der Waals surface area contributed by atoms with Crippen LogP contribution in [0.25, 0.3) is 0 Å². The zero-order valence-corrected chi connectivity index (χ0v) is 12.2. The van der Waals surface area contributed by atoms with Crippen LogP contribution >= 0.6 is 0 Å². The van der Waals surface area contributed by atoms with E-state index in [4.69, 9.17) is 10.00 Å². The molecule has 0 fully saturated rings. The number of alkyl carbamates (subject to hydrolysis) is 1. The first-order chi connectivity index (χ1) is 9.39. The van der Waals surface area contributed by atoms with Gasteiger partial charge in [0.15, 0.2) is 0 Å². The predicted octanol–water partition coefficient (Wildman–Crippen LogP) is 3.46. The van der Waals surface area contributed by atoms with Crippen LogP contribution in [0.2, 0.25) is 0 Å². The summed E-state index contributed by atoms with van der Waals surface area (Å²) < 4.78 is 5.30. The van der Waals surface area contributed by atoms with Gasteiger partial charge in [0.2, 0.25) is 0 Å². The number of carbonyl (C=O) groups is 1. The quantitative estimate of drug-likeness (QED) is 0.851. The van der Waals surface area contributed by atoms with Crippen molar-refractivity contribution in [3.63, 3.8) is 0 Å². The molecule has 0 saturated carbocycles. The largest absolute Gasteiger partial charge is 0.444 e. The van der Waals surface area contributed by atoms with Gasteiger partial charge in [-0.1, -0.05) is 6.07 Å². The van der Waals surface area contributed by atoms with Gasteiger partial charge in [0, 0.05) is 0 Å². The van der Waals surface area contributed by atoms with Crippen LogP contribution in [0.4, 0.5) is 4.79 Å². The Labute approximate surface area is 119 Å². The average molecular weight is 272 g/mol. The Hall–Kier alpha value is -2.02. The topological polar surface area (TPSA) is 62.1 Å². The maximum Gasteiger partial charge on any atom is 0.408 e. The fourth-order valence-corrected chi connectivity index (χ4v) is 2.48. The van der Waals surface area contributed by atoms with Gasteiger partial charge in [0.25, 0.3) is 0 Å². The third-order valence-corrected chi connectivity index (χ3v) is 3.28. The van der Waals surface area contributed by atoms with Gasteiger partial charge in [0.05, 0.1) is 17.7 Å². The van der Waals surface area contributed by atoms with Crippen molar-refractivity contribution in [3.05, 3.63) is 34.9 Å². The van der Waals surface area contributed by atoms with Gasteiger partial charge < -0.3 is 10.1 Å². The maximum atomic E-state index is 11.9. The SMILES string of the molecule is CC(C)(C)OC(=O)NC1CCCc2cc(C#N)ccc21. The summed E-state index contributed by atoms with van der Waals surface area (Å²) in [5.74, 6) is 0. The van der Waals surface area contributed by atoms with Gasteiger partial charge in [-0.3, -0.25) is 0 Å². The molecule has 1 aromatic rings. The fraction of sp³-hybridized carbons (Fsp3) is 0.500. The highest BCUT2D eigenvalue weighted by Crippen LogP contribution is 2.30. The first-order valence-corrected chi connectivity index (χ1v) is 6.91. The number of carbonyl (C=O) groups excluding carboxylic acids is 1. The van der Waals surface area contributed by atoms with Crippen molar-refractivity contribution in [2.75, 3.05) is 0 Å². The van der Waals surface area contributed by atoms with E-state index in [9.17, 15) is 4.79 Å². The molecule has 1 amide bonds. The number of hydrogen-bond acceptors (Lipinski definition) is 3. The summed E-state index contributed by atoms with van der Waals surface area (Å²) in [7, 11) is 0. The molecular formula is C16H20N2O2. The summed E-state index contributed by atoms with van der Waals surface area (Å²) in [6.07, 6.45) is 2.47. The highest BCUT2D eigenvalue weighted by molar-refractivity contribution is 5.68. The monoisotopic (exact) mass is 272 g/mol. The maximum absolute atomic E-state index is 11.9. The molecule has 0 aliphatic heterocycles. The number of nitrogens with zero attached hydrogens (tertiary/aromatic N) is 1. The Bertz CT molecular complexity index is 553. The number of fused-ring (bicyclic) bond motifs is 1. The van der Waals surface area contributed by atoms with Gasteiger partial charge in [-0.2, -0.15) is 5.26 Å². The second kappa shape index (κ2) is 5.54. The molecule has 4 heteroatoms. The standard InChI is InChI=1S/C16H20N2O2/c1-16(2,3)20-15(19)18-14-6-4-5-12-9-11(10-17)7-8-13(12)14/h7-9,14H,4-6H2,1-3H3,(H,18,19). The normalized spacial score (nSPS) is 17.8. The zero-order valence-electron chi connectivity index (χ0n) is 12.2. The third-order valence-electron chi connectivity index (χ3n) is 3.28. The molecule has 0 aromatic heterocycles. The highest BCUT2D eigenvalue weighted by Gasteiger charge is 2.24. The predicted molar refractivity (Wildman–Crippen MR) is 76.2 cm³/mol. The number of aryl methyl sites for hydroxylation is 1. The molecule has 1 atom stereocenters. The summed E-state index contributed by atoms with van der Waals surface area (Å²) in [5, 5.41) is 11.9. The van der Waals surface area contributed by atoms with Crippen LogP contribution in [0.3, 0.4) is 0 Å². The molecule has 20 heavy (non-hydrogen) atoms. The van der Waals surface area contributed by atoms with Crippen LogP contribution < -0.4 is 5.32 Å². The molecule has 4 nitrogen and oxygen atoms in total. The lowest BCUT2D eigenvalue weighted by Crippen LogP contribution is -2.36. The first-order valence-electron chi connectivity index (χ1n) is 6.91. The van der Waals surface area contributed by atoms with Gasteiger partial charge in [-0.25, -0.2) is 4.79 Å². The minimum atomic E-state index is -0.494. The smallest absolute Gasteiger partial charge is 0.408 e. The van der Waals surface area contributed by atoms with E-state index >= 15 is 0 Å². The summed E-state index contributed by atoms with van der Waals surface area (Å²) in [6.45, 7) is 5.54. The van der Waals surface area contributed by atoms with Crippen molar-refractivity contribution in [2.24, 2.45) is 0 Å². The lowest BCUT2D eigenvalue weighted by Gasteiger charge is -2.28. The molecule has 0 saturated heterocycles. The van der Waals surface area contributed by atoms with E-state index in [2.05, 4.69) is 11.4 Å². The van der Waals surface area contributed by atoms with E-state index in [0.717, 1.165) is 30.4 Å². The zero-order chi connectivity index (χ0) is 14.8. The summed E-state index contributed by atoms with van der Waals surface area (Å²) in [4.78, 5) is 11.9. The Morgan fingerprint density at radius 2 is 2.20 bits per heavy atom. The minimum Gasteiger partial charge on any atom is -0.444 e. The highest BCUT2D eigenvalue weighted by atomic mass is 16.6. The van der Waals surface area contributed by atoms with Crippen molar-refractivity contribution in [2.45, 2.75) is 51.7 Å². The number of hydrogen-bond donors (Lipinski definition) is 1. The second-order valence-electron chi connectivity index (χ2n) is 6.12. The average Bonchev–Trinajstić information content (AvgIpc) is 2.36. The molecule has 0 radical (unpaired) electrons. The summed E-state index contributed by atoms with van der Waals surface area (Å²) in [5.41, 5.74) is 2.42. The Morgan fingerprint density at radius 1 is 1.45 bits per heavy atom. The van der Waals surface area contributed by atoms with Crippen molar-refractivity contribution in [3.8, 4) is 6.07 Å². The molecular weight excluding hydrogens is 252 g/mol. The number of ether oxygens (including phenoxy) is 1. The molecule has 0 heterocycles. The molecule has 0 spiro atoms. The third kappa shape index (κ3) is 3.51. The van der Waals surface area contributed by atoms with Gasteiger partial charge in [-0.05, 0) is 63.3 Å². The molecule has 106 valence electrons. The number of benzene rings is 1. The van der Waals surface area contributed by atoms with Crippen molar-refractivity contribution >= 4 is 6.09 Å². The minimum absolute atomic E-state index is 0.0265. The van der Waals surface area contributed by atoms with E-state index in [1.807, 2.05) is 32.9 Å². The van der Waals surface area contributed by atoms with Gasteiger partial charge >= 0.3 is 6.09 Å². The van der Waals surface area contributed by atoms with Crippen LogP contribution in [0.15, 0.2) is 18.2 Å². The lowest BCUT2D eigenvalue weighted by atomic mass is 9.87. The first kappa shape index (κ1) is 14.4. The fourth-order valence-electron chi connectivity index (χ4n) is 2.48. The van der Waals surface area contributed by atoms with Gasteiger partial charge in [0.1, 0.15) is 5.60 Å². The van der Waals surface area contributed by atoms with Crippen LogP contribution in [-0.2, 0) is 11.2 Å². The Balaban J connectivity index is 2.13. The van der Waals surface area contributed by atoms with Crippen molar-refractivity contribution in [1.29, 1.82) is 5.26 Å². The number of nitrogens with one attached hydrogen (secondary N) is 1. The molecule has 1 N–H and O–H groups in total. The van der Waals surface area contributed by atoms with Crippen LogP contribution in [0.1, 0.15) is 56.3 Å². The Kier molecular flexibility index (Phi) is 3.99. The van der Waals surface area contributed by atoms with Crippen molar-refractivity contribution in [1.82, 2.24) is 5.32 Å². The summed E-state index contributed by atoms with van der Waals surface area (Å²) in [6, 6.07) is 7.78. The molecule has 1 unspecified atom stereocenters. The summed E-state index contributed by atoms with van der Waals surface area (Å²) >= 11 is 0. The van der Waals surface area contributed by atoms with Crippen molar-refractivity contribution < 1.29 is 9.53 Å². The number of rotatable bonds is 1. The molecule has 1 aliphatic carbocycles. The van der Waals surface area contributed by atoms with Crippen LogP contribution in [-0.4, -0.2) is 11.7 Å². The Morgan fingerprint density at radius 3 is 2.85 bits per heavy atom. The van der Waals surface area contributed by atoms with E-state index in [-0.39, 0.29) is 12.1 Å². The molecule has 2 rings (SSSR count). The molecule has 1 aliphatic rings. The van der Waals surface area contributed by atoms with E-state index < -0.39 is 5.60 Å². The lowest BCUT2D eigenvalue weighted by molar-refractivity contribution is 0.0498.